The number of anilines is 1. The second-order valence-electron chi connectivity index (χ2n) is 6.94. The lowest BCUT2D eigenvalue weighted by Crippen LogP contribution is -2.25. The van der Waals surface area contributed by atoms with Gasteiger partial charge in [-0.2, -0.15) is 0 Å². The number of amides is 1. The van der Waals surface area contributed by atoms with Gasteiger partial charge in [0.15, 0.2) is 0 Å². The maximum Gasteiger partial charge on any atom is 0.338 e. The highest BCUT2D eigenvalue weighted by atomic mass is 16.5. The fraction of sp³-hybridized carbons (Fsp3) is 0.348. The van der Waals surface area contributed by atoms with Crippen LogP contribution >= 0.6 is 0 Å². The molecule has 0 unspecified atom stereocenters. The van der Waals surface area contributed by atoms with Gasteiger partial charge < -0.3 is 9.64 Å². The number of esters is 1. The second-order valence-corrected chi connectivity index (χ2v) is 6.94. The Labute approximate surface area is 166 Å². The number of fused-ring (bicyclic) bond motifs is 1. The lowest BCUT2D eigenvalue weighted by atomic mass is 10.1. The molecule has 0 saturated heterocycles. The number of carbonyl (C=O) groups is 2. The van der Waals surface area contributed by atoms with Crippen LogP contribution in [0.25, 0.3) is 0 Å². The Morgan fingerprint density at radius 2 is 1.71 bits per heavy atom. The van der Waals surface area contributed by atoms with Crippen LogP contribution in [0, 0.1) is 0 Å². The highest BCUT2D eigenvalue weighted by molar-refractivity contribution is 6.54. The van der Waals surface area contributed by atoms with E-state index >= 15 is 0 Å². The van der Waals surface area contributed by atoms with E-state index in [1.54, 1.807) is 36.2 Å². The smallest absolute Gasteiger partial charge is 0.338 e. The third-order valence-corrected chi connectivity index (χ3v) is 4.85. The van der Waals surface area contributed by atoms with Crippen LogP contribution < -0.4 is 4.90 Å². The summed E-state index contributed by atoms with van der Waals surface area (Å²) in [6.45, 7) is 2.62. The van der Waals surface area contributed by atoms with Crippen molar-refractivity contribution in [2.45, 2.75) is 39.0 Å². The molecule has 0 radical (unpaired) electrons. The molecule has 5 heteroatoms. The highest BCUT2D eigenvalue weighted by Gasteiger charge is 2.30. The van der Waals surface area contributed by atoms with E-state index in [-0.39, 0.29) is 11.9 Å². The quantitative estimate of drug-likeness (QED) is 0.484. The lowest BCUT2D eigenvalue weighted by molar-refractivity contribution is -0.111. The average molecular weight is 378 g/mol. The van der Waals surface area contributed by atoms with Gasteiger partial charge in [-0.05, 0) is 36.8 Å². The molecule has 1 heterocycles. The number of hydrogen-bond donors (Lipinski definition) is 0. The zero-order valence-corrected chi connectivity index (χ0v) is 16.5. The summed E-state index contributed by atoms with van der Waals surface area (Å²) in [5.41, 5.74) is 3.21. The van der Waals surface area contributed by atoms with Crippen LogP contribution in [0.5, 0.6) is 0 Å². The highest BCUT2D eigenvalue weighted by Crippen LogP contribution is 2.29. The maximum absolute atomic E-state index is 12.5. The molecule has 0 aliphatic carbocycles. The molecule has 0 saturated carbocycles. The van der Waals surface area contributed by atoms with Crippen LogP contribution in [-0.2, 0) is 9.53 Å². The van der Waals surface area contributed by atoms with Gasteiger partial charge in [0.2, 0.25) is 0 Å². The van der Waals surface area contributed by atoms with Crippen molar-refractivity contribution in [1.82, 2.24) is 0 Å². The number of nitrogens with zero attached hydrogens (tertiary/aromatic N) is 2. The minimum Gasteiger partial charge on any atom is -0.462 e. The molecular formula is C23H26N2O3. The zero-order valence-electron chi connectivity index (χ0n) is 16.5. The van der Waals surface area contributed by atoms with Crippen LogP contribution in [0.3, 0.4) is 0 Å². The van der Waals surface area contributed by atoms with E-state index in [1.165, 1.54) is 19.3 Å². The Morgan fingerprint density at radius 3 is 2.46 bits per heavy atom. The number of unbranched alkanes of at least 4 members (excludes halogenated alkanes) is 4. The second kappa shape index (κ2) is 9.31. The molecule has 1 amide bonds. The number of ether oxygens (including phenoxy) is 1. The van der Waals surface area contributed by atoms with Crippen molar-refractivity contribution in [1.29, 1.82) is 0 Å². The van der Waals surface area contributed by atoms with Crippen molar-refractivity contribution >= 4 is 29.0 Å². The zero-order chi connectivity index (χ0) is 19.9. The summed E-state index contributed by atoms with van der Waals surface area (Å²) in [7, 11) is 1.74. The first-order chi connectivity index (χ1) is 13.6. The predicted octanol–water partition coefficient (Wildman–Crippen LogP) is 4.91. The Balaban J connectivity index is 1.63. The van der Waals surface area contributed by atoms with Gasteiger partial charge in [-0.15, -0.1) is 0 Å². The molecule has 2 aromatic carbocycles. The van der Waals surface area contributed by atoms with E-state index in [9.17, 15) is 9.59 Å². The fourth-order valence-electron chi connectivity index (χ4n) is 3.21. The normalized spacial score (nSPS) is 14.4. The molecule has 1 aliphatic heterocycles. The molecule has 3 rings (SSSR count). The third-order valence-electron chi connectivity index (χ3n) is 4.85. The van der Waals surface area contributed by atoms with Crippen molar-refractivity contribution in [3.8, 4) is 0 Å². The summed E-state index contributed by atoms with van der Waals surface area (Å²) in [5, 5.41) is 0. The summed E-state index contributed by atoms with van der Waals surface area (Å²) >= 11 is 0. The first-order valence-electron chi connectivity index (χ1n) is 9.85. The molecule has 1 aliphatic rings. The summed E-state index contributed by atoms with van der Waals surface area (Å²) in [6, 6.07) is 14.4. The topological polar surface area (TPSA) is 59.0 Å². The van der Waals surface area contributed by atoms with Crippen molar-refractivity contribution in [2.75, 3.05) is 18.6 Å². The van der Waals surface area contributed by atoms with Crippen molar-refractivity contribution in [2.24, 2.45) is 4.99 Å². The third kappa shape index (κ3) is 4.47. The summed E-state index contributed by atoms with van der Waals surface area (Å²) in [6.07, 6.45) is 5.58. The molecule has 0 spiro atoms. The summed E-state index contributed by atoms with van der Waals surface area (Å²) in [4.78, 5) is 30.7. The van der Waals surface area contributed by atoms with E-state index in [1.807, 2.05) is 24.3 Å². The van der Waals surface area contributed by atoms with Crippen LogP contribution in [0.2, 0.25) is 0 Å². The van der Waals surface area contributed by atoms with Crippen LogP contribution in [-0.4, -0.2) is 31.2 Å². The number of hydrogen-bond acceptors (Lipinski definition) is 4. The van der Waals surface area contributed by atoms with E-state index in [0.29, 0.717) is 23.6 Å². The Morgan fingerprint density at radius 1 is 1.00 bits per heavy atom. The first kappa shape index (κ1) is 19.8. The van der Waals surface area contributed by atoms with Gasteiger partial charge in [-0.25, -0.2) is 9.79 Å². The molecule has 28 heavy (non-hydrogen) atoms. The van der Waals surface area contributed by atoms with Gasteiger partial charge in [-0.3, -0.25) is 4.79 Å². The monoisotopic (exact) mass is 378 g/mol. The van der Waals surface area contributed by atoms with Crippen molar-refractivity contribution in [3.05, 3.63) is 59.7 Å². The van der Waals surface area contributed by atoms with Crippen LogP contribution in [0.4, 0.5) is 11.4 Å². The van der Waals surface area contributed by atoms with Crippen LogP contribution in [0.1, 0.15) is 54.9 Å². The first-order valence-corrected chi connectivity index (χ1v) is 9.85. The Bertz CT molecular complexity index is 872. The standard InChI is InChI=1S/C23H26N2O3/c1-3-4-5-6-9-16-28-23(27)17-12-14-18(15-13-17)24-21-19-10-7-8-11-20(19)25(2)22(21)26/h7-8,10-15H,3-6,9,16H2,1-2H3. The largest absolute Gasteiger partial charge is 0.462 e. The van der Waals surface area contributed by atoms with E-state index in [2.05, 4.69) is 11.9 Å². The van der Waals surface area contributed by atoms with E-state index < -0.39 is 0 Å². The van der Waals surface area contributed by atoms with Crippen molar-refractivity contribution in [3.63, 3.8) is 0 Å². The minimum absolute atomic E-state index is 0.132. The van der Waals surface area contributed by atoms with Gasteiger partial charge in [-0.1, -0.05) is 50.8 Å². The number of benzene rings is 2. The summed E-state index contributed by atoms with van der Waals surface area (Å²) < 4.78 is 5.32. The Kier molecular flexibility index (Phi) is 6.58. The molecule has 0 atom stereocenters. The number of para-hydroxylation sites is 1. The molecule has 2 aromatic rings. The molecular weight excluding hydrogens is 352 g/mol. The van der Waals surface area contributed by atoms with Gasteiger partial charge >= 0.3 is 5.97 Å². The summed E-state index contributed by atoms with van der Waals surface area (Å²) in [5.74, 6) is -0.454. The van der Waals surface area contributed by atoms with Crippen LogP contribution in [0.15, 0.2) is 53.5 Å². The fourth-order valence-corrected chi connectivity index (χ4v) is 3.21. The molecule has 0 aromatic heterocycles. The average Bonchev–Trinajstić information content (AvgIpc) is 2.96. The van der Waals surface area contributed by atoms with Crippen molar-refractivity contribution < 1.29 is 14.3 Å². The number of likely N-dealkylation sites (N-methyl/N-ethyl adjacent to an activating group) is 1. The van der Waals surface area contributed by atoms with E-state index in [4.69, 9.17) is 4.74 Å². The molecule has 5 nitrogen and oxygen atoms in total. The molecule has 0 N–H and O–H groups in total. The van der Waals surface area contributed by atoms with Gasteiger partial charge in [0.25, 0.3) is 5.91 Å². The molecule has 146 valence electrons. The van der Waals surface area contributed by atoms with E-state index in [0.717, 1.165) is 24.1 Å². The van der Waals surface area contributed by atoms with Gasteiger partial charge in [0.05, 0.1) is 23.5 Å². The number of aliphatic imine (C=N–C) groups is 1. The predicted molar refractivity (Wildman–Crippen MR) is 112 cm³/mol. The number of carbonyl (C=O) groups excluding carboxylic acids is 2. The molecule has 0 fully saturated rings. The molecule has 0 bridgehead atoms. The maximum atomic E-state index is 12.5. The SMILES string of the molecule is CCCCCCCOC(=O)c1ccc(N=C2C(=O)N(C)c3ccccc32)cc1. The van der Waals surface area contributed by atoms with Gasteiger partial charge in [0, 0.05) is 12.6 Å². The Hall–Kier alpha value is -2.95. The van der Waals surface area contributed by atoms with Gasteiger partial charge in [0.1, 0.15) is 5.71 Å². The minimum atomic E-state index is -0.322. The number of rotatable bonds is 8. The lowest BCUT2D eigenvalue weighted by Gasteiger charge is -2.07.